The third-order valence-corrected chi connectivity index (χ3v) is 2.22. The zero-order chi connectivity index (χ0) is 10.1. The van der Waals surface area contributed by atoms with E-state index in [1.165, 1.54) is 6.20 Å². The molecular formula is C9H5BrN2O2. The van der Waals surface area contributed by atoms with Gasteiger partial charge >= 0.3 is 5.97 Å². The van der Waals surface area contributed by atoms with Gasteiger partial charge in [0.25, 0.3) is 0 Å². The average molecular weight is 253 g/mol. The number of carboxylic acid groups (broad SMARTS) is 1. The Bertz CT molecular complexity index is 513. The molecule has 0 fully saturated rings. The Morgan fingerprint density at radius 1 is 1.36 bits per heavy atom. The molecule has 2 aromatic rings. The van der Waals surface area contributed by atoms with Gasteiger partial charge in [0.1, 0.15) is 0 Å². The quantitative estimate of drug-likeness (QED) is 0.845. The van der Waals surface area contributed by atoms with E-state index in [9.17, 15) is 4.79 Å². The predicted molar refractivity (Wildman–Crippen MR) is 54.2 cm³/mol. The van der Waals surface area contributed by atoms with Gasteiger partial charge in [-0.15, -0.1) is 0 Å². The molecule has 0 aliphatic carbocycles. The molecule has 0 spiro atoms. The number of aromatic nitrogens is 2. The van der Waals surface area contributed by atoms with Crippen molar-refractivity contribution >= 4 is 32.9 Å². The summed E-state index contributed by atoms with van der Waals surface area (Å²) in [5.41, 5.74) is 1.20. The van der Waals surface area contributed by atoms with Crippen molar-refractivity contribution in [3.05, 3.63) is 34.6 Å². The second-order valence-electron chi connectivity index (χ2n) is 2.69. The Morgan fingerprint density at radius 3 is 2.86 bits per heavy atom. The molecule has 0 aliphatic rings. The molecule has 0 amide bonds. The number of hydrogen-bond acceptors (Lipinski definition) is 3. The summed E-state index contributed by atoms with van der Waals surface area (Å²) < 4.78 is 0.849. The van der Waals surface area contributed by atoms with Crippen LogP contribution in [-0.4, -0.2) is 21.0 Å². The number of aromatic carboxylic acids is 1. The highest BCUT2D eigenvalue weighted by atomic mass is 79.9. The van der Waals surface area contributed by atoms with E-state index in [4.69, 9.17) is 5.11 Å². The number of carboxylic acids is 1. The van der Waals surface area contributed by atoms with Crippen molar-refractivity contribution in [2.75, 3.05) is 0 Å². The minimum Gasteiger partial charge on any atom is -0.476 e. The lowest BCUT2D eigenvalue weighted by Gasteiger charge is -1.98. The summed E-state index contributed by atoms with van der Waals surface area (Å²) in [6.07, 6.45) is 1.25. The topological polar surface area (TPSA) is 63.1 Å². The van der Waals surface area contributed by atoms with Crippen molar-refractivity contribution in [1.29, 1.82) is 0 Å². The second-order valence-corrected chi connectivity index (χ2v) is 3.61. The summed E-state index contributed by atoms with van der Waals surface area (Å²) in [4.78, 5) is 18.5. The van der Waals surface area contributed by atoms with E-state index in [1.54, 1.807) is 12.1 Å². The summed E-state index contributed by atoms with van der Waals surface area (Å²) in [5.74, 6) is -1.07. The number of hydrogen-bond donors (Lipinski definition) is 1. The van der Waals surface area contributed by atoms with Crippen LogP contribution in [0.4, 0.5) is 0 Å². The summed E-state index contributed by atoms with van der Waals surface area (Å²) in [5, 5.41) is 8.70. The van der Waals surface area contributed by atoms with Gasteiger partial charge in [-0.25, -0.2) is 9.78 Å². The molecular weight excluding hydrogens is 248 g/mol. The minimum absolute atomic E-state index is 0.0457. The summed E-state index contributed by atoms with van der Waals surface area (Å²) >= 11 is 3.28. The Labute approximate surface area is 87.7 Å². The van der Waals surface area contributed by atoms with Crippen LogP contribution in [0.5, 0.6) is 0 Å². The summed E-state index contributed by atoms with van der Waals surface area (Å²) in [6.45, 7) is 0. The smallest absolute Gasteiger partial charge is 0.356 e. The lowest BCUT2D eigenvalue weighted by atomic mass is 10.3. The summed E-state index contributed by atoms with van der Waals surface area (Å²) in [6, 6.07) is 5.34. The molecule has 2 rings (SSSR count). The Kier molecular flexibility index (Phi) is 2.17. The van der Waals surface area contributed by atoms with E-state index >= 15 is 0 Å². The van der Waals surface area contributed by atoms with E-state index in [2.05, 4.69) is 25.9 Å². The van der Waals surface area contributed by atoms with E-state index in [0.29, 0.717) is 11.0 Å². The number of halogens is 1. The maximum Gasteiger partial charge on any atom is 0.356 e. The lowest BCUT2D eigenvalue weighted by Crippen LogP contribution is -2.01. The maximum atomic E-state index is 10.6. The van der Waals surface area contributed by atoms with Crippen molar-refractivity contribution in [2.24, 2.45) is 0 Å². The second kappa shape index (κ2) is 3.34. The van der Waals surface area contributed by atoms with Gasteiger partial charge in [-0.2, -0.15) is 0 Å². The van der Waals surface area contributed by atoms with Crippen molar-refractivity contribution in [2.45, 2.75) is 0 Å². The van der Waals surface area contributed by atoms with E-state index < -0.39 is 5.97 Å². The summed E-state index contributed by atoms with van der Waals surface area (Å²) in [7, 11) is 0. The van der Waals surface area contributed by atoms with E-state index in [-0.39, 0.29) is 5.69 Å². The van der Waals surface area contributed by atoms with Crippen LogP contribution in [-0.2, 0) is 0 Å². The molecule has 14 heavy (non-hydrogen) atoms. The fourth-order valence-corrected chi connectivity index (χ4v) is 1.44. The zero-order valence-corrected chi connectivity index (χ0v) is 8.52. The van der Waals surface area contributed by atoms with Gasteiger partial charge in [0.15, 0.2) is 5.69 Å². The molecule has 1 aromatic heterocycles. The normalized spacial score (nSPS) is 10.4. The number of carbonyl (C=O) groups is 1. The molecule has 0 radical (unpaired) electrons. The fourth-order valence-electron chi connectivity index (χ4n) is 1.09. The minimum atomic E-state index is -1.07. The van der Waals surface area contributed by atoms with Gasteiger partial charge in [-0.05, 0) is 18.2 Å². The third-order valence-electron chi connectivity index (χ3n) is 1.72. The van der Waals surface area contributed by atoms with Gasteiger partial charge in [-0.1, -0.05) is 15.9 Å². The molecule has 5 heteroatoms. The van der Waals surface area contributed by atoms with Crippen LogP contribution in [0.1, 0.15) is 10.5 Å². The molecule has 0 bridgehead atoms. The molecule has 1 N–H and O–H groups in total. The molecule has 1 heterocycles. The molecule has 0 saturated heterocycles. The van der Waals surface area contributed by atoms with E-state index in [0.717, 1.165) is 4.47 Å². The Balaban J connectivity index is 2.69. The molecule has 0 aliphatic heterocycles. The Hall–Kier alpha value is -1.49. The van der Waals surface area contributed by atoms with Gasteiger partial charge in [0, 0.05) is 4.47 Å². The van der Waals surface area contributed by atoms with Crippen molar-refractivity contribution in [1.82, 2.24) is 9.97 Å². The zero-order valence-electron chi connectivity index (χ0n) is 6.94. The number of fused-ring (bicyclic) bond motifs is 1. The molecule has 4 nitrogen and oxygen atoms in total. The average Bonchev–Trinajstić information content (AvgIpc) is 2.16. The number of nitrogens with zero attached hydrogens (tertiary/aromatic N) is 2. The lowest BCUT2D eigenvalue weighted by molar-refractivity contribution is 0.0690. The molecule has 1 aromatic carbocycles. The first-order valence-corrected chi connectivity index (χ1v) is 4.62. The fraction of sp³-hybridized carbons (Fsp3) is 0. The van der Waals surface area contributed by atoms with Crippen LogP contribution < -0.4 is 0 Å². The van der Waals surface area contributed by atoms with Crippen LogP contribution in [0.2, 0.25) is 0 Å². The largest absolute Gasteiger partial charge is 0.476 e. The van der Waals surface area contributed by atoms with Crippen LogP contribution in [0.25, 0.3) is 11.0 Å². The van der Waals surface area contributed by atoms with Crippen molar-refractivity contribution < 1.29 is 9.90 Å². The highest BCUT2D eigenvalue weighted by molar-refractivity contribution is 9.10. The van der Waals surface area contributed by atoms with Crippen molar-refractivity contribution in [3.8, 4) is 0 Å². The first-order chi connectivity index (χ1) is 6.66. The van der Waals surface area contributed by atoms with Gasteiger partial charge in [0.2, 0.25) is 0 Å². The van der Waals surface area contributed by atoms with Gasteiger partial charge in [-0.3, -0.25) is 4.98 Å². The molecule has 0 unspecified atom stereocenters. The monoisotopic (exact) mass is 252 g/mol. The molecule has 0 saturated carbocycles. The Morgan fingerprint density at radius 2 is 2.14 bits per heavy atom. The standard InChI is InChI=1S/C9H5BrN2O2/c10-5-1-2-6-7(3-5)12-8(4-11-6)9(13)14/h1-4H,(H,13,14). The van der Waals surface area contributed by atoms with Crippen LogP contribution in [0, 0.1) is 0 Å². The first-order valence-electron chi connectivity index (χ1n) is 3.82. The SMILES string of the molecule is O=C(O)c1cnc2ccc(Br)cc2n1. The van der Waals surface area contributed by atoms with Crippen molar-refractivity contribution in [3.63, 3.8) is 0 Å². The molecule has 0 atom stereocenters. The van der Waals surface area contributed by atoms with Crippen LogP contribution in [0.15, 0.2) is 28.9 Å². The van der Waals surface area contributed by atoms with Gasteiger partial charge in [0.05, 0.1) is 17.2 Å². The van der Waals surface area contributed by atoms with E-state index in [1.807, 2.05) is 6.07 Å². The highest BCUT2D eigenvalue weighted by Crippen LogP contribution is 2.16. The van der Waals surface area contributed by atoms with Crippen LogP contribution in [0.3, 0.4) is 0 Å². The van der Waals surface area contributed by atoms with Crippen LogP contribution >= 0.6 is 15.9 Å². The maximum absolute atomic E-state index is 10.6. The molecule has 70 valence electrons. The number of rotatable bonds is 1. The van der Waals surface area contributed by atoms with Gasteiger partial charge < -0.3 is 5.11 Å². The number of benzene rings is 1. The third kappa shape index (κ3) is 1.58. The highest BCUT2D eigenvalue weighted by Gasteiger charge is 2.06. The first kappa shape index (κ1) is 9.08. The predicted octanol–water partition coefficient (Wildman–Crippen LogP) is 2.09.